The number of carbonyl (C=O) groups excluding carboxylic acids is 1. The molecule has 1 amide bonds. The Balaban J connectivity index is 2.07. The van der Waals surface area contributed by atoms with Crippen molar-refractivity contribution < 1.29 is 4.79 Å². The van der Waals surface area contributed by atoms with Gasteiger partial charge >= 0.3 is 0 Å². The molecule has 2 rings (SSSR count). The summed E-state index contributed by atoms with van der Waals surface area (Å²) in [7, 11) is 0. The smallest absolute Gasteiger partial charge is 0.220 e. The second kappa shape index (κ2) is 2.68. The summed E-state index contributed by atoms with van der Waals surface area (Å²) in [6.45, 7) is 0. The molecule has 0 unspecified atom stereocenters. The number of nitrogens with two attached hydrogens (primary N) is 1. The number of hydrogen-bond donors (Lipinski definition) is 2. The van der Waals surface area contributed by atoms with Crippen molar-refractivity contribution >= 4 is 17.7 Å². The minimum Gasteiger partial charge on any atom is -0.351 e. The molecule has 4 heteroatoms. The van der Waals surface area contributed by atoms with Crippen molar-refractivity contribution in [2.24, 2.45) is 5.73 Å². The molecule has 2 aliphatic rings. The van der Waals surface area contributed by atoms with Crippen LogP contribution in [0.4, 0.5) is 0 Å². The first-order valence-corrected chi connectivity index (χ1v) is 4.99. The first-order chi connectivity index (χ1) is 5.27. The number of amides is 1. The molecule has 3 nitrogen and oxygen atoms in total. The number of rotatable bonds is 0. The minimum absolute atomic E-state index is 0.171. The highest BCUT2D eigenvalue weighted by atomic mass is 32.2. The fourth-order valence-corrected chi connectivity index (χ4v) is 3.15. The Labute approximate surface area is 70.1 Å². The zero-order valence-corrected chi connectivity index (χ0v) is 7.06. The molecule has 0 radical (unpaired) electrons. The van der Waals surface area contributed by atoms with Crippen LogP contribution >= 0.6 is 11.8 Å². The van der Waals surface area contributed by atoms with Crippen LogP contribution in [0.2, 0.25) is 0 Å². The van der Waals surface area contributed by atoms with Crippen LogP contribution in [0.15, 0.2) is 0 Å². The SMILES string of the molecule is N[C@@H]1CS[C@H]2CCC(=O)N[C@@H]12. The van der Waals surface area contributed by atoms with Crippen LogP contribution in [0.25, 0.3) is 0 Å². The minimum atomic E-state index is 0.171. The number of hydrogen-bond acceptors (Lipinski definition) is 3. The summed E-state index contributed by atoms with van der Waals surface area (Å²) in [4.78, 5) is 11.0. The number of piperidine rings is 1. The second-order valence-corrected chi connectivity index (χ2v) is 4.44. The molecular weight excluding hydrogens is 160 g/mol. The first-order valence-electron chi connectivity index (χ1n) is 3.94. The molecule has 2 aliphatic heterocycles. The lowest BCUT2D eigenvalue weighted by atomic mass is 9.99. The van der Waals surface area contributed by atoms with E-state index in [4.69, 9.17) is 5.73 Å². The van der Waals surface area contributed by atoms with Crippen LogP contribution in [0.3, 0.4) is 0 Å². The summed E-state index contributed by atoms with van der Waals surface area (Å²) in [6.07, 6.45) is 1.69. The van der Waals surface area contributed by atoms with E-state index in [1.807, 2.05) is 11.8 Å². The van der Waals surface area contributed by atoms with Gasteiger partial charge < -0.3 is 11.1 Å². The summed E-state index contributed by atoms with van der Waals surface area (Å²) in [6, 6.07) is 0.426. The summed E-state index contributed by atoms with van der Waals surface area (Å²) in [5.74, 6) is 1.17. The molecule has 11 heavy (non-hydrogen) atoms. The third-order valence-corrected chi connectivity index (χ3v) is 3.88. The van der Waals surface area contributed by atoms with E-state index < -0.39 is 0 Å². The van der Waals surface area contributed by atoms with Crippen LogP contribution in [-0.4, -0.2) is 29.0 Å². The average molecular weight is 172 g/mol. The highest BCUT2D eigenvalue weighted by Gasteiger charge is 2.38. The maximum Gasteiger partial charge on any atom is 0.220 e. The van der Waals surface area contributed by atoms with Crippen LogP contribution in [0, 0.1) is 0 Å². The van der Waals surface area contributed by atoms with Gasteiger partial charge in [-0.25, -0.2) is 0 Å². The van der Waals surface area contributed by atoms with Crippen LogP contribution in [0.1, 0.15) is 12.8 Å². The molecular formula is C7H12N2OS. The van der Waals surface area contributed by atoms with Gasteiger partial charge in [0.25, 0.3) is 0 Å². The topological polar surface area (TPSA) is 55.1 Å². The molecule has 0 saturated carbocycles. The van der Waals surface area contributed by atoms with E-state index in [1.54, 1.807) is 0 Å². The van der Waals surface area contributed by atoms with Gasteiger partial charge in [0.15, 0.2) is 0 Å². The molecule has 0 spiro atoms. The molecule has 62 valence electrons. The van der Waals surface area contributed by atoms with Gasteiger partial charge in [-0.3, -0.25) is 4.79 Å². The zero-order chi connectivity index (χ0) is 7.84. The Morgan fingerprint density at radius 1 is 1.64 bits per heavy atom. The average Bonchev–Trinajstić information content (AvgIpc) is 2.33. The third kappa shape index (κ3) is 1.25. The van der Waals surface area contributed by atoms with Gasteiger partial charge in [-0.05, 0) is 6.42 Å². The summed E-state index contributed by atoms with van der Waals surface area (Å²) < 4.78 is 0. The van der Waals surface area contributed by atoms with Gasteiger partial charge in [0, 0.05) is 23.5 Å². The highest BCUT2D eigenvalue weighted by Crippen LogP contribution is 2.31. The molecule has 0 aliphatic carbocycles. The normalized spacial score (nSPS) is 43.4. The standard InChI is InChI=1S/C7H12N2OS/c8-4-3-11-5-1-2-6(10)9-7(4)5/h4-5,7H,1-3,8H2,(H,9,10)/t4-,5+,7+/m1/s1. The van der Waals surface area contributed by atoms with E-state index in [0.29, 0.717) is 11.7 Å². The number of thioether (sulfide) groups is 1. The van der Waals surface area contributed by atoms with Gasteiger partial charge in [-0.2, -0.15) is 11.8 Å². The lowest BCUT2D eigenvalue weighted by molar-refractivity contribution is -0.123. The maximum atomic E-state index is 11.0. The van der Waals surface area contributed by atoms with Crippen molar-refractivity contribution in [1.82, 2.24) is 5.32 Å². The highest BCUT2D eigenvalue weighted by molar-refractivity contribution is 8.00. The van der Waals surface area contributed by atoms with E-state index in [2.05, 4.69) is 5.32 Å². The number of carbonyl (C=O) groups is 1. The van der Waals surface area contributed by atoms with E-state index >= 15 is 0 Å². The molecule has 3 N–H and O–H groups in total. The quantitative estimate of drug-likeness (QED) is 0.528. The molecule has 2 heterocycles. The first kappa shape index (κ1) is 7.43. The van der Waals surface area contributed by atoms with E-state index in [9.17, 15) is 4.79 Å². The molecule has 2 fully saturated rings. The molecule has 3 atom stereocenters. The summed E-state index contributed by atoms with van der Waals surface area (Å²) >= 11 is 1.90. The van der Waals surface area contributed by atoms with E-state index in [0.717, 1.165) is 12.2 Å². The van der Waals surface area contributed by atoms with Gasteiger partial charge in [0.1, 0.15) is 0 Å². The lowest BCUT2D eigenvalue weighted by Gasteiger charge is -2.27. The van der Waals surface area contributed by atoms with Crippen LogP contribution in [-0.2, 0) is 4.79 Å². The Morgan fingerprint density at radius 2 is 2.45 bits per heavy atom. The van der Waals surface area contributed by atoms with Gasteiger partial charge in [-0.1, -0.05) is 0 Å². The fraction of sp³-hybridized carbons (Fsp3) is 0.857. The largest absolute Gasteiger partial charge is 0.351 e. The van der Waals surface area contributed by atoms with Crippen molar-refractivity contribution in [3.63, 3.8) is 0 Å². The Bertz CT molecular complexity index is 185. The molecule has 2 saturated heterocycles. The van der Waals surface area contributed by atoms with E-state index in [-0.39, 0.29) is 18.0 Å². The fourth-order valence-electron chi connectivity index (χ4n) is 1.71. The van der Waals surface area contributed by atoms with Crippen molar-refractivity contribution in [2.75, 3.05) is 5.75 Å². The second-order valence-electron chi connectivity index (χ2n) is 3.17. The zero-order valence-electron chi connectivity index (χ0n) is 6.25. The predicted octanol–water partition coefficient (Wildman–Crippen LogP) is -0.292. The Kier molecular flexibility index (Phi) is 1.81. The number of nitrogens with one attached hydrogen (secondary N) is 1. The van der Waals surface area contributed by atoms with Gasteiger partial charge in [0.2, 0.25) is 5.91 Å². The Morgan fingerprint density at radius 3 is 3.27 bits per heavy atom. The van der Waals surface area contributed by atoms with Gasteiger partial charge in [0.05, 0.1) is 6.04 Å². The van der Waals surface area contributed by atoms with Crippen molar-refractivity contribution in [1.29, 1.82) is 0 Å². The van der Waals surface area contributed by atoms with Crippen LogP contribution < -0.4 is 11.1 Å². The number of fused-ring (bicyclic) bond motifs is 1. The molecule has 0 aromatic heterocycles. The van der Waals surface area contributed by atoms with Crippen molar-refractivity contribution in [3.8, 4) is 0 Å². The molecule has 0 aromatic carbocycles. The van der Waals surface area contributed by atoms with E-state index in [1.165, 1.54) is 0 Å². The van der Waals surface area contributed by atoms with Crippen molar-refractivity contribution in [3.05, 3.63) is 0 Å². The maximum absolute atomic E-state index is 11.0. The van der Waals surface area contributed by atoms with Crippen LogP contribution in [0.5, 0.6) is 0 Å². The monoisotopic (exact) mass is 172 g/mol. The molecule has 0 aromatic rings. The Hall–Kier alpha value is -0.220. The summed E-state index contributed by atoms with van der Waals surface area (Å²) in [5.41, 5.74) is 5.82. The van der Waals surface area contributed by atoms with Crippen molar-refractivity contribution in [2.45, 2.75) is 30.2 Å². The summed E-state index contributed by atoms with van der Waals surface area (Å²) in [5, 5.41) is 3.53. The predicted molar refractivity (Wildman–Crippen MR) is 45.4 cm³/mol. The molecule has 0 bridgehead atoms. The lowest BCUT2D eigenvalue weighted by Crippen LogP contribution is -2.52. The van der Waals surface area contributed by atoms with Gasteiger partial charge in [-0.15, -0.1) is 0 Å². The third-order valence-electron chi connectivity index (χ3n) is 2.35.